The second kappa shape index (κ2) is 10.4. The molecular formula is C36H33N3O3S. The normalized spacial score (nSPS) is 12.6. The van der Waals surface area contributed by atoms with Crippen LogP contribution >= 0.6 is 0 Å². The average molecular weight is 588 g/mol. The summed E-state index contributed by atoms with van der Waals surface area (Å²) in [7, 11) is -3.40. The molecule has 6 nitrogen and oxygen atoms in total. The molecule has 6 aromatic rings. The molecule has 7 heteroatoms. The first-order valence-electron chi connectivity index (χ1n) is 14.1. The smallest absolute Gasteiger partial charge is 0.156 e. The number of rotatable bonds is 6. The Morgan fingerprint density at radius 1 is 0.651 bits per heavy atom. The van der Waals surface area contributed by atoms with Gasteiger partial charge in [-0.15, -0.1) is 0 Å². The molecule has 43 heavy (non-hydrogen) atoms. The standard InChI is InChI=1S/C36H33N3O3S/c1-35(2,40)27-17-15-23(16-18-27)33-34(39-31-14-7-6-13-30(31)38-33)25-11-8-10-24(20-25)29-22-28(36(3,4)43(5,41)42)21-26-12-9-19-37-32(26)29/h6-22,40H,1-5H3. The Hall–Kier alpha value is -4.46. The van der Waals surface area contributed by atoms with Crippen molar-refractivity contribution in [2.75, 3.05) is 6.26 Å². The van der Waals surface area contributed by atoms with E-state index in [4.69, 9.17) is 9.97 Å². The van der Waals surface area contributed by atoms with E-state index >= 15 is 0 Å². The monoisotopic (exact) mass is 587 g/mol. The van der Waals surface area contributed by atoms with Gasteiger partial charge in [0.1, 0.15) is 0 Å². The number of pyridine rings is 1. The Morgan fingerprint density at radius 2 is 1.28 bits per heavy atom. The topological polar surface area (TPSA) is 93.0 Å². The number of sulfone groups is 1. The van der Waals surface area contributed by atoms with Crippen LogP contribution in [0.5, 0.6) is 0 Å². The molecule has 0 saturated heterocycles. The van der Waals surface area contributed by atoms with Gasteiger partial charge in [0.15, 0.2) is 9.84 Å². The van der Waals surface area contributed by atoms with Crippen LogP contribution in [0.2, 0.25) is 0 Å². The molecule has 6 rings (SSSR count). The maximum atomic E-state index is 12.8. The molecule has 4 aromatic carbocycles. The second-order valence-corrected chi connectivity index (χ2v) is 14.6. The highest BCUT2D eigenvalue weighted by Gasteiger charge is 2.33. The fourth-order valence-corrected chi connectivity index (χ4v) is 5.79. The molecule has 0 radical (unpaired) electrons. The van der Waals surface area contributed by atoms with E-state index in [1.54, 1.807) is 33.9 Å². The number of benzene rings is 4. The minimum absolute atomic E-state index is 0.703. The summed E-state index contributed by atoms with van der Waals surface area (Å²) in [5.41, 5.74) is 7.86. The Morgan fingerprint density at radius 3 is 1.91 bits per heavy atom. The molecule has 1 N–H and O–H groups in total. The van der Waals surface area contributed by atoms with E-state index in [2.05, 4.69) is 11.1 Å². The number of hydrogen-bond acceptors (Lipinski definition) is 6. The van der Waals surface area contributed by atoms with Crippen LogP contribution in [0.4, 0.5) is 0 Å². The first-order chi connectivity index (χ1) is 20.3. The average Bonchev–Trinajstić information content (AvgIpc) is 2.99. The van der Waals surface area contributed by atoms with Gasteiger partial charge in [-0.25, -0.2) is 18.4 Å². The molecule has 0 fully saturated rings. The predicted octanol–water partition coefficient (Wildman–Crippen LogP) is 7.69. The molecule has 0 spiro atoms. The van der Waals surface area contributed by atoms with Crippen molar-refractivity contribution in [2.45, 2.75) is 38.0 Å². The Bertz CT molecular complexity index is 2110. The minimum atomic E-state index is -3.40. The third-order valence-electron chi connectivity index (χ3n) is 8.21. The van der Waals surface area contributed by atoms with Gasteiger partial charge < -0.3 is 5.11 Å². The molecule has 0 atom stereocenters. The number of para-hydroxylation sites is 2. The van der Waals surface area contributed by atoms with E-state index in [9.17, 15) is 13.5 Å². The van der Waals surface area contributed by atoms with Gasteiger partial charge in [-0.1, -0.05) is 60.7 Å². The van der Waals surface area contributed by atoms with Crippen LogP contribution in [0.15, 0.2) is 103 Å². The number of aliphatic hydroxyl groups is 1. The Balaban J connectivity index is 1.57. The van der Waals surface area contributed by atoms with Crippen molar-refractivity contribution in [1.29, 1.82) is 0 Å². The summed E-state index contributed by atoms with van der Waals surface area (Å²) in [6.07, 6.45) is 3.02. The van der Waals surface area contributed by atoms with Crippen molar-refractivity contribution in [1.82, 2.24) is 15.0 Å². The summed E-state index contributed by atoms with van der Waals surface area (Å²) in [5.74, 6) is 0. The highest BCUT2D eigenvalue weighted by molar-refractivity contribution is 7.91. The van der Waals surface area contributed by atoms with Crippen LogP contribution < -0.4 is 0 Å². The first-order valence-corrected chi connectivity index (χ1v) is 16.0. The van der Waals surface area contributed by atoms with Crippen LogP contribution in [-0.4, -0.2) is 34.7 Å². The maximum absolute atomic E-state index is 12.8. The zero-order valence-corrected chi connectivity index (χ0v) is 25.6. The molecule has 0 bridgehead atoms. The Labute approximate surface area is 252 Å². The quantitative estimate of drug-likeness (QED) is 0.215. The highest BCUT2D eigenvalue weighted by Crippen LogP contribution is 2.39. The fraction of sp³-hybridized carbons (Fsp3) is 0.194. The second-order valence-electron chi connectivity index (χ2n) is 12.0. The first kappa shape index (κ1) is 28.6. The summed E-state index contributed by atoms with van der Waals surface area (Å²) in [6, 6.07) is 31.3. The fourth-order valence-electron chi connectivity index (χ4n) is 5.25. The molecule has 0 aliphatic carbocycles. The summed E-state index contributed by atoms with van der Waals surface area (Å²) in [5, 5.41) is 11.4. The third kappa shape index (κ3) is 5.31. The molecule has 0 aliphatic rings. The van der Waals surface area contributed by atoms with Crippen molar-refractivity contribution in [2.24, 2.45) is 0 Å². The lowest BCUT2D eigenvalue weighted by molar-refractivity contribution is 0.0786. The summed E-state index contributed by atoms with van der Waals surface area (Å²) < 4.78 is 24.5. The number of fused-ring (bicyclic) bond motifs is 2. The van der Waals surface area contributed by atoms with Crippen LogP contribution in [0.1, 0.15) is 38.8 Å². The van der Waals surface area contributed by atoms with E-state index in [1.165, 1.54) is 6.26 Å². The van der Waals surface area contributed by atoms with Crippen molar-refractivity contribution in [3.05, 3.63) is 114 Å². The summed E-state index contributed by atoms with van der Waals surface area (Å²) in [4.78, 5) is 14.8. The number of nitrogens with zero attached hydrogens (tertiary/aromatic N) is 3. The molecular weight excluding hydrogens is 554 g/mol. The molecule has 216 valence electrons. The van der Waals surface area contributed by atoms with Gasteiger partial charge in [-0.3, -0.25) is 4.98 Å². The van der Waals surface area contributed by atoms with Crippen molar-refractivity contribution >= 4 is 31.8 Å². The van der Waals surface area contributed by atoms with Crippen LogP contribution in [0.25, 0.3) is 55.6 Å². The molecule has 0 amide bonds. The van der Waals surface area contributed by atoms with E-state index < -0.39 is 20.2 Å². The van der Waals surface area contributed by atoms with Gasteiger partial charge in [-0.05, 0) is 80.8 Å². The minimum Gasteiger partial charge on any atom is -0.386 e. The van der Waals surface area contributed by atoms with Gasteiger partial charge in [0.05, 0.1) is 38.3 Å². The predicted molar refractivity (Wildman–Crippen MR) is 174 cm³/mol. The largest absolute Gasteiger partial charge is 0.386 e. The molecule has 0 saturated carbocycles. The van der Waals surface area contributed by atoms with Gasteiger partial charge in [0.2, 0.25) is 0 Å². The van der Waals surface area contributed by atoms with E-state index in [1.807, 2.05) is 91.0 Å². The van der Waals surface area contributed by atoms with E-state index in [-0.39, 0.29) is 0 Å². The van der Waals surface area contributed by atoms with E-state index in [0.29, 0.717) is 5.56 Å². The van der Waals surface area contributed by atoms with Gasteiger partial charge in [-0.2, -0.15) is 0 Å². The van der Waals surface area contributed by atoms with Crippen molar-refractivity contribution in [3.8, 4) is 33.6 Å². The van der Waals surface area contributed by atoms with Crippen molar-refractivity contribution in [3.63, 3.8) is 0 Å². The lowest BCUT2D eigenvalue weighted by Gasteiger charge is -2.24. The van der Waals surface area contributed by atoms with Gasteiger partial charge >= 0.3 is 0 Å². The maximum Gasteiger partial charge on any atom is 0.156 e. The lowest BCUT2D eigenvalue weighted by atomic mass is 9.92. The molecule has 2 heterocycles. The number of aromatic nitrogens is 3. The SMILES string of the molecule is CC(C)(O)c1ccc(-c2nc3ccccc3nc2-c2cccc(-c3cc(C(C)(C)S(C)(=O)=O)cc4cccnc34)c2)cc1. The molecule has 0 aliphatic heterocycles. The highest BCUT2D eigenvalue weighted by atomic mass is 32.2. The lowest BCUT2D eigenvalue weighted by Crippen LogP contribution is -2.28. The van der Waals surface area contributed by atoms with Gasteiger partial charge in [0.25, 0.3) is 0 Å². The number of hydrogen-bond donors (Lipinski definition) is 1. The van der Waals surface area contributed by atoms with Crippen LogP contribution in [0, 0.1) is 0 Å². The van der Waals surface area contributed by atoms with Crippen LogP contribution in [-0.2, 0) is 20.2 Å². The zero-order valence-electron chi connectivity index (χ0n) is 24.8. The Kier molecular flexibility index (Phi) is 6.91. The van der Waals surface area contributed by atoms with E-state index in [0.717, 1.165) is 61.1 Å². The summed E-state index contributed by atoms with van der Waals surface area (Å²) >= 11 is 0. The molecule has 2 aromatic heterocycles. The van der Waals surface area contributed by atoms with Crippen molar-refractivity contribution < 1.29 is 13.5 Å². The van der Waals surface area contributed by atoms with Gasteiger partial charge in [0, 0.05) is 34.5 Å². The summed E-state index contributed by atoms with van der Waals surface area (Å²) in [6.45, 7) is 7.00. The third-order valence-corrected chi connectivity index (χ3v) is 10.3. The van der Waals surface area contributed by atoms with Crippen LogP contribution in [0.3, 0.4) is 0 Å². The zero-order chi connectivity index (χ0) is 30.6. The molecule has 0 unspecified atom stereocenters.